The molecule has 2 atom stereocenters. The lowest BCUT2D eigenvalue weighted by Crippen LogP contribution is -2.58. The van der Waals surface area contributed by atoms with Crippen molar-refractivity contribution in [3.8, 4) is 0 Å². The lowest BCUT2D eigenvalue weighted by molar-refractivity contribution is -0.348. The highest BCUT2D eigenvalue weighted by Gasteiger charge is 2.48. The minimum Gasteiger partial charge on any atom is -0.371 e. The summed E-state index contributed by atoms with van der Waals surface area (Å²) in [5.74, 6) is -0.886. The van der Waals surface area contributed by atoms with Crippen molar-refractivity contribution in [3.05, 3.63) is 0 Å². The molecule has 1 rings (SSSR count). The van der Waals surface area contributed by atoms with Crippen molar-refractivity contribution in [2.45, 2.75) is 24.2 Å². The summed E-state index contributed by atoms with van der Waals surface area (Å²) in [6.45, 7) is 3.08. The molecule has 0 aromatic heterocycles. The molecule has 15 heavy (non-hydrogen) atoms. The van der Waals surface area contributed by atoms with Gasteiger partial charge in [0.2, 0.25) is 5.79 Å². The highest BCUT2D eigenvalue weighted by molar-refractivity contribution is 6.14. The number of hydrogen-bond acceptors (Lipinski definition) is 5. The largest absolute Gasteiger partial charge is 0.371 e. The summed E-state index contributed by atoms with van der Waals surface area (Å²) in [6.07, 6.45) is 0.200. The van der Waals surface area contributed by atoms with E-state index < -0.39 is 11.2 Å². The first-order valence-electron chi connectivity index (χ1n) is 4.92. The number of methoxy groups -OCH3 is 3. The van der Waals surface area contributed by atoms with Crippen LogP contribution >= 0.6 is 0 Å². The maximum Gasteiger partial charge on any atom is 0.214 e. The average molecular weight is 236 g/mol. The van der Waals surface area contributed by atoms with E-state index in [4.69, 9.17) is 23.7 Å². The lowest BCUT2D eigenvalue weighted by Gasteiger charge is -2.42. The van der Waals surface area contributed by atoms with Gasteiger partial charge in [-0.1, -0.05) is 0 Å². The molecule has 0 saturated carbocycles. The zero-order valence-corrected chi connectivity index (χ0v) is 12.0. The maximum absolute atomic E-state index is 5.71. The quantitative estimate of drug-likeness (QED) is 0.325. The van der Waals surface area contributed by atoms with Gasteiger partial charge in [0.15, 0.2) is 5.41 Å². The highest BCUT2D eigenvalue weighted by atomic mass is 28.1. The lowest BCUT2D eigenvalue weighted by atomic mass is 10.3. The SMILES string of the molecule is COC(C)(OC)C([SiH3])(OC)OCC1CO1. The fourth-order valence-corrected chi connectivity index (χ4v) is 1.82. The molecule has 5 nitrogen and oxygen atoms in total. The van der Waals surface area contributed by atoms with Gasteiger partial charge in [0.05, 0.1) is 23.5 Å². The van der Waals surface area contributed by atoms with Crippen LogP contribution in [-0.2, 0) is 23.7 Å². The Morgan fingerprint density at radius 1 is 1.27 bits per heavy atom. The number of rotatable bonds is 7. The van der Waals surface area contributed by atoms with Crippen molar-refractivity contribution in [1.29, 1.82) is 0 Å². The van der Waals surface area contributed by atoms with Crippen molar-refractivity contribution in [1.82, 2.24) is 0 Å². The van der Waals surface area contributed by atoms with E-state index in [0.29, 0.717) is 16.8 Å². The molecular formula is C9H20O5Si. The van der Waals surface area contributed by atoms with Crippen molar-refractivity contribution in [2.75, 3.05) is 34.5 Å². The molecule has 0 radical (unpaired) electrons. The molecule has 1 saturated heterocycles. The predicted octanol–water partition coefficient (Wildman–Crippen LogP) is -0.924. The second kappa shape index (κ2) is 4.90. The molecule has 1 heterocycles. The molecule has 0 spiro atoms. The summed E-state index contributed by atoms with van der Waals surface area (Å²) in [4.78, 5) is 0. The standard InChI is InChI=1S/C9H20O5Si/c1-8(10-2,11-3)9(15,12-4)14-6-7-5-13-7/h7H,5-6H2,1-4,15H3. The van der Waals surface area contributed by atoms with Gasteiger partial charge in [-0.2, -0.15) is 0 Å². The van der Waals surface area contributed by atoms with E-state index in [1.54, 1.807) is 28.3 Å². The highest BCUT2D eigenvalue weighted by Crippen LogP contribution is 2.29. The molecular weight excluding hydrogens is 216 g/mol. The van der Waals surface area contributed by atoms with E-state index in [1.165, 1.54) is 0 Å². The van der Waals surface area contributed by atoms with E-state index in [2.05, 4.69) is 0 Å². The van der Waals surface area contributed by atoms with E-state index in [1.807, 2.05) is 0 Å². The van der Waals surface area contributed by atoms with Gasteiger partial charge in [0.1, 0.15) is 6.10 Å². The van der Waals surface area contributed by atoms with Crippen LogP contribution < -0.4 is 0 Å². The number of ether oxygens (including phenoxy) is 5. The number of hydrogen-bond donors (Lipinski definition) is 0. The van der Waals surface area contributed by atoms with E-state index in [-0.39, 0.29) is 6.10 Å². The molecule has 0 amide bonds. The summed E-state index contributed by atoms with van der Waals surface area (Å²) < 4.78 is 26.8. The fourth-order valence-electron chi connectivity index (χ4n) is 1.25. The Bertz CT molecular complexity index is 205. The predicted molar refractivity (Wildman–Crippen MR) is 57.8 cm³/mol. The molecule has 90 valence electrons. The average Bonchev–Trinajstić information content (AvgIpc) is 3.08. The van der Waals surface area contributed by atoms with E-state index in [0.717, 1.165) is 6.61 Å². The normalized spacial score (nSPS) is 25.2. The fraction of sp³-hybridized carbons (Fsp3) is 1.00. The first kappa shape index (κ1) is 13.1. The van der Waals surface area contributed by atoms with Crippen LogP contribution in [0.3, 0.4) is 0 Å². The Hall–Kier alpha value is 0.0169. The first-order valence-corrected chi connectivity index (χ1v) is 5.92. The summed E-state index contributed by atoms with van der Waals surface area (Å²) in [5, 5.41) is 0. The maximum atomic E-state index is 5.71. The molecule has 1 aliphatic heterocycles. The van der Waals surface area contributed by atoms with Crippen molar-refractivity contribution in [2.24, 2.45) is 0 Å². The third-order valence-electron chi connectivity index (χ3n) is 2.94. The van der Waals surface area contributed by atoms with Gasteiger partial charge in [-0.15, -0.1) is 0 Å². The second-order valence-electron chi connectivity index (χ2n) is 3.77. The van der Waals surface area contributed by atoms with Gasteiger partial charge in [-0.25, -0.2) is 0 Å². The molecule has 0 bridgehead atoms. The molecule has 1 fully saturated rings. The Morgan fingerprint density at radius 2 is 1.80 bits per heavy atom. The van der Waals surface area contributed by atoms with E-state index in [9.17, 15) is 0 Å². The Balaban J connectivity index is 2.61. The third-order valence-corrected chi connectivity index (χ3v) is 4.55. The summed E-state index contributed by atoms with van der Waals surface area (Å²) in [6, 6.07) is 0. The molecule has 0 aromatic carbocycles. The van der Waals surface area contributed by atoms with Gasteiger partial charge in [0, 0.05) is 21.3 Å². The van der Waals surface area contributed by atoms with Crippen LogP contribution in [0.5, 0.6) is 0 Å². The van der Waals surface area contributed by atoms with Crippen LogP contribution in [0, 0.1) is 0 Å². The van der Waals surface area contributed by atoms with Crippen molar-refractivity contribution < 1.29 is 23.7 Å². The zero-order chi connectivity index (χ0) is 11.5. The number of epoxide rings is 1. The molecule has 0 aliphatic carbocycles. The molecule has 6 heteroatoms. The summed E-state index contributed by atoms with van der Waals surface area (Å²) in [5.41, 5.74) is -0.817. The van der Waals surface area contributed by atoms with E-state index >= 15 is 0 Å². The third kappa shape index (κ3) is 2.77. The van der Waals surface area contributed by atoms with Gasteiger partial charge >= 0.3 is 0 Å². The van der Waals surface area contributed by atoms with Crippen molar-refractivity contribution >= 4 is 10.2 Å². The smallest absolute Gasteiger partial charge is 0.214 e. The van der Waals surface area contributed by atoms with Crippen LogP contribution in [0.2, 0.25) is 0 Å². The van der Waals surface area contributed by atoms with Crippen LogP contribution in [0.15, 0.2) is 0 Å². The molecule has 1 aliphatic rings. The summed E-state index contributed by atoms with van der Waals surface area (Å²) in [7, 11) is 5.37. The Kier molecular flexibility index (Phi) is 4.27. The monoisotopic (exact) mass is 236 g/mol. The molecule has 2 unspecified atom stereocenters. The van der Waals surface area contributed by atoms with Gasteiger partial charge in [-0.05, 0) is 6.92 Å². The first-order chi connectivity index (χ1) is 7.01. The van der Waals surface area contributed by atoms with Crippen LogP contribution in [0.25, 0.3) is 0 Å². The topological polar surface area (TPSA) is 49.5 Å². The Labute approximate surface area is 93.4 Å². The van der Waals surface area contributed by atoms with Crippen LogP contribution in [0.4, 0.5) is 0 Å². The summed E-state index contributed by atoms with van der Waals surface area (Å²) >= 11 is 0. The molecule has 0 N–H and O–H groups in total. The molecule has 0 aromatic rings. The minimum atomic E-state index is -0.886. The second-order valence-corrected chi connectivity index (χ2v) is 5.09. The van der Waals surface area contributed by atoms with Crippen LogP contribution in [-0.4, -0.2) is 62.1 Å². The van der Waals surface area contributed by atoms with Gasteiger partial charge < -0.3 is 23.7 Å². The van der Waals surface area contributed by atoms with Gasteiger partial charge in [0.25, 0.3) is 0 Å². The Morgan fingerprint density at radius 3 is 2.13 bits per heavy atom. The van der Waals surface area contributed by atoms with Gasteiger partial charge in [-0.3, -0.25) is 0 Å². The van der Waals surface area contributed by atoms with Crippen molar-refractivity contribution in [3.63, 3.8) is 0 Å². The minimum absolute atomic E-state index is 0.200. The van der Waals surface area contributed by atoms with Crippen LogP contribution in [0.1, 0.15) is 6.92 Å². The zero-order valence-electron chi connectivity index (χ0n) is 10.0.